The smallest absolute Gasteiger partial charge is 0.341 e. The summed E-state index contributed by atoms with van der Waals surface area (Å²) in [4.78, 5) is 30.2. The zero-order valence-corrected chi connectivity index (χ0v) is 18.6. The van der Waals surface area contributed by atoms with Gasteiger partial charge in [0.15, 0.2) is 11.8 Å². The van der Waals surface area contributed by atoms with Crippen molar-refractivity contribution in [3.05, 3.63) is 58.0 Å². The van der Waals surface area contributed by atoms with E-state index in [1.807, 2.05) is 38.1 Å². The fourth-order valence-electron chi connectivity index (χ4n) is 2.78. The molecule has 0 unspecified atom stereocenters. The van der Waals surface area contributed by atoms with Gasteiger partial charge < -0.3 is 14.6 Å². The maximum atomic E-state index is 12.8. The second kappa shape index (κ2) is 10.4. The molecule has 9 heteroatoms. The van der Waals surface area contributed by atoms with E-state index in [2.05, 4.69) is 4.99 Å². The van der Waals surface area contributed by atoms with Gasteiger partial charge in [-0.1, -0.05) is 17.7 Å². The lowest BCUT2D eigenvalue weighted by molar-refractivity contribution is -0.139. The second-order valence-corrected chi connectivity index (χ2v) is 7.77. The molecule has 0 aliphatic carbocycles. The Kier molecular flexibility index (Phi) is 7.59. The Morgan fingerprint density at radius 1 is 1.19 bits per heavy atom. The number of ether oxygens (including phenoxy) is 2. The molecule has 31 heavy (non-hydrogen) atoms. The third-order valence-corrected chi connectivity index (χ3v) is 5.48. The minimum absolute atomic E-state index is 0.139. The summed E-state index contributed by atoms with van der Waals surface area (Å²) in [6.07, 6.45) is 1.73. The fourth-order valence-corrected chi connectivity index (χ4v) is 4.09. The zero-order chi connectivity index (χ0) is 22.4. The quantitative estimate of drug-likeness (QED) is 0.568. The summed E-state index contributed by atoms with van der Waals surface area (Å²) in [6, 6.07) is 12.3. The van der Waals surface area contributed by atoms with Crippen LogP contribution in [0.15, 0.2) is 52.4 Å². The first-order valence-electron chi connectivity index (χ1n) is 9.58. The van der Waals surface area contributed by atoms with Crippen LogP contribution in [0.5, 0.6) is 11.5 Å². The van der Waals surface area contributed by atoms with Crippen LogP contribution in [-0.2, 0) is 9.59 Å². The van der Waals surface area contributed by atoms with Gasteiger partial charge in [-0.15, -0.1) is 0 Å². The lowest BCUT2D eigenvalue weighted by Gasteiger charge is -2.12. The van der Waals surface area contributed by atoms with Crippen molar-refractivity contribution in [3.63, 3.8) is 0 Å². The number of nitrogens with zero attached hydrogens (tertiary/aromatic N) is 2. The third-order valence-electron chi connectivity index (χ3n) is 4.18. The number of carboxylic acids is 1. The first-order chi connectivity index (χ1) is 14.9. The number of carbonyl (C=O) groups is 2. The summed E-state index contributed by atoms with van der Waals surface area (Å²) in [5.74, 6) is -0.194. The number of aliphatic imine (C=N–C) groups is 1. The number of aliphatic carboxylic acids is 1. The van der Waals surface area contributed by atoms with E-state index in [4.69, 9.17) is 26.2 Å². The number of amidine groups is 1. The SMILES string of the molecule is CCOc1ccc(N=C2S/C(=C\c3ccc(OCC(=O)O)c(Cl)c3)C(=O)N2CC)cc1. The maximum absolute atomic E-state index is 12.8. The van der Waals surface area contributed by atoms with Crippen LogP contribution in [0.1, 0.15) is 19.4 Å². The molecule has 0 saturated carbocycles. The maximum Gasteiger partial charge on any atom is 0.341 e. The van der Waals surface area contributed by atoms with Crippen molar-refractivity contribution in [3.8, 4) is 11.5 Å². The predicted octanol–water partition coefficient (Wildman–Crippen LogP) is 4.83. The van der Waals surface area contributed by atoms with Crippen LogP contribution in [0.3, 0.4) is 0 Å². The molecule has 1 saturated heterocycles. The Labute approximate surface area is 189 Å². The van der Waals surface area contributed by atoms with Gasteiger partial charge in [0.05, 0.1) is 22.2 Å². The Balaban J connectivity index is 1.81. The number of benzene rings is 2. The molecule has 0 spiro atoms. The number of carboxylic acid groups (broad SMARTS) is 1. The zero-order valence-electron chi connectivity index (χ0n) is 17.0. The standard InChI is InChI=1S/C22H21ClN2O5S/c1-3-25-21(28)19(12-14-5-10-18(17(23)11-14)30-13-20(26)27)31-22(25)24-15-6-8-16(9-7-15)29-4-2/h5-12H,3-4,13H2,1-2H3,(H,26,27)/b19-12-,24-22?. The lowest BCUT2D eigenvalue weighted by atomic mass is 10.2. The first-order valence-corrected chi connectivity index (χ1v) is 10.8. The van der Waals surface area contributed by atoms with E-state index < -0.39 is 12.6 Å². The number of thioether (sulfide) groups is 1. The van der Waals surface area contributed by atoms with E-state index >= 15 is 0 Å². The molecule has 0 aromatic heterocycles. The summed E-state index contributed by atoms with van der Waals surface area (Å²) in [5.41, 5.74) is 1.42. The summed E-state index contributed by atoms with van der Waals surface area (Å²) in [5, 5.41) is 9.57. The van der Waals surface area contributed by atoms with E-state index in [1.54, 1.807) is 29.2 Å². The number of likely N-dealkylation sites (N-methyl/N-ethyl adjacent to an activating group) is 1. The van der Waals surface area contributed by atoms with E-state index in [0.717, 1.165) is 11.4 Å². The molecule has 2 aromatic carbocycles. The molecule has 7 nitrogen and oxygen atoms in total. The summed E-state index contributed by atoms with van der Waals surface area (Å²) < 4.78 is 10.6. The number of halogens is 1. The van der Waals surface area contributed by atoms with Crippen LogP contribution in [0, 0.1) is 0 Å². The van der Waals surface area contributed by atoms with Gasteiger partial charge in [-0.05, 0) is 73.6 Å². The molecule has 0 atom stereocenters. The van der Waals surface area contributed by atoms with Crippen molar-refractivity contribution in [2.24, 2.45) is 4.99 Å². The van der Waals surface area contributed by atoms with Gasteiger partial charge in [0.1, 0.15) is 11.5 Å². The number of rotatable bonds is 8. The van der Waals surface area contributed by atoms with Crippen LogP contribution in [0.25, 0.3) is 6.08 Å². The average Bonchev–Trinajstić information content (AvgIpc) is 3.03. The van der Waals surface area contributed by atoms with Gasteiger partial charge >= 0.3 is 5.97 Å². The lowest BCUT2D eigenvalue weighted by Crippen LogP contribution is -2.28. The second-order valence-electron chi connectivity index (χ2n) is 6.35. The monoisotopic (exact) mass is 460 g/mol. The molecular weight excluding hydrogens is 440 g/mol. The molecule has 1 N–H and O–H groups in total. The van der Waals surface area contributed by atoms with E-state index in [1.165, 1.54) is 11.8 Å². The van der Waals surface area contributed by atoms with Gasteiger partial charge in [0, 0.05) is 6.54 Å². The van der Waals surface area contributed by atoms with E-state index in [0.29, 0.717) is 28.8 Å². The highest BCUT2D eigenvalue weighted by atomic mass is 35.5. The van der Waals surface area contributed by atoms with Gasteiger partial charge in [-0.2, -0.15) is 0 Å². The van der Waals surface area contributed by atoms with Crippen molar-refractivity contribution in [2.45, 2.75) is 13.8 Å². The number of hydrogen-bond acceptors (Lipinski definition) is 6. The normalized spacial score (nSPS) is 16.2. The molecule has 1 heterocycles. The molecule has 2 aromatic rings. The molecular formula is C22H21ClN2O5S. The Morgan fingerprint density at radius 2 is 1.94 bits per heavy atom. The minimum atomic E-state index is -1.09. The van der Waals surface area contributed by atoms with Gasteiger partial charge in [0.25, 0.3) is 5.91 Å². The Hall–Kier alpha value is -2.97. The van der Waals surface area contributed by atoms with Crippen LogP contribution in [-0.4, -0.2) is 46.8 Å². The number of amides is 1. The third kappa shape index (κ3) is 5.80. The highest BCUT2D eigenvalue weighted by Gasteiger charge is 2.32. The van der Waals surface area contributed by atoms with Crippen LogP contribution in [0.2, 0.25) is 5.02 Å². The van der Waals surface area contributed by atoms with E-state index in [9.17, 15) is 9.59 Å². The minimum Gasteiger partial charge on any atom is -0.494 e. The molecule has 0 bridgehead atoms. The van der Waals surface area contributed by atoms with Crippen molar-refractivity contribution >= 4 is 52.2 Å². The Morgan fingerprint density at radius 3 is 2.55 bits per heavy atom. The Bertz CT molecular complexity index is 1040. The van der Waals surface area contributed by atoms with Gasteiger partial charge in [-0.3, -0.25) is 9.69 Å². The molecule has 1 aliphatic rings. The molecule has 0 radical (unpaired) electrons. The van der Waals surface area contributed by atoms with Crippen molar-refractivity contribution < 1.29 is 24.2 Å². The largest absolute Gasteiger partial charge is 0.494 e. The van der Waals surface area contributed by atoms with Crippen LogP contribution < -0.4 is 9.47 Å². The first kappa shape index (κ1) is 22.7. The number of carbonyl (C=O) groups excluding carboxylic acids is 1. The molecule has 1 aliphatic heterocycles. The van der Waals surface area contributed by atoms with Crippen molar-refractivity contribution in [1.82, 2.24) is 4.90 Å². The van der Waals surface area contributed by atoms with Crippen LogP contribution in [0.4, 0.5) is 5.69 Å². The molecule has 1 amide bonds. The van der Waals surface area contributed by atoms with Crippen LogP contribution >= 0.6 is 23.4 Å². The van der Waals surface area contributed by atoms with Gasteiger partial charge in [-0.25, -0.2) is 9.79 Å². The summed E-state index contributed by atoms with van der Waals surface area (Å²) in [7, 11) is 0. The molecule has 162 valence electrons. The highest BCUT2D eigenvalue weighted by molar-refractivity contribution is 8.18. The fraction of sp³-hybridized carbons (Fsp3) is 0.227. The summed E-state index contributed by atoms with van der Waals surface area (Å²) in [6.45, 7) is 4.41. The highest BCUT2D eigenvalue weighted by Crippen LogP contribution is 2.35. The average molecular weight is 461 g/mol. The van der Waals surface area contributed by atoms with Gasteiger partial charge in [0.2, 0.25) is 0 Å². The summed E-state index contributed by atoms with van der Waals surface area (Å²) >= 11 is 7.46. The molecule has 3 rings (SSSR count). The molecule has 1 fully saturated rings. The topological polar surface area (TPSA) is 88.4 Å². The number of hydrogen-bond donors (Lipinski definition) is 1. The van der Waals surface area contributed by atoms with Crippen molar-refractivity contribution in [2.75, 3.05) is 19.8 Å². The predicted molar refractivity (Wildman–Crippen MR) is 122 cm³/mol. The van der Waals surface area contributed by atoms with Crippen molar-refractivity contribution in [1.29, 1.82) is 0 Å². The van der Waals surface area contributed by atoms with E-state index in [-0.39, 0.29) is 16.7 Å².